The second kappa shape index (κ2) is 6.90. The number of rotatable bonds is 7. The van der Waals surface area contributed by atoms with Crippen LogP contribution in [0, 0.1) is 19.8 Å². The summed E-state index contributed by atoms with van der Waals surface area (Å²) in [6.45, 7) is 12.4. The summed E-state index contributed by atoms with van der Waals surface area (Å²) >= 11 is 0. The average molecular weight is 253 g/mol. The van der Waals surface area contributed by atoms with Crippen molar-refractivity contribution in [3.8, 4) is 0 Å². The third-order valence-corrected chi connectivity index (χ3v) is 3.94. The molecule has 1 aromatic rings. The van der Waals surface area contributed by atoms with Crippen molar-refractivity contribution in [2.24, 2.45) is 5.92 Å². The van der Waals surface area contributed by atoms with Gasteiger partial charge in [0.15, 0.2) is 0 Å². The topological polar surface area (TPSA) is 50.1 Å². The van der Waals surface area contributed by atoms with Crippen LogP contribution in [0.15, 0.2) is 0 Å². The third kappa shape index (κ3) is 3.56. The van der Waals surface area contributed by atoms with Crippen LogP contribution in [0.5, 0.6) is 0 Å². The third-order valence-electron chi connectivity index (χ3n) is 3.94. The number of aliphatic hydroxyl groups is 1. The van der Waals surface area contributed by atoms with E-state index in [0.29, 0.717) is 18.5 Å². The average Bonchev–Trinajstić information content (AvgIpc) is 2.61. The van der Waals surface area contributed by atoms with E-state index in [1.54, 1.807) is 0 Å². The summed E-state index contributed by atoms with van der Waals surface area (Å²) in [5.74, 6) is 0.679. The first kappa shape index (κ1) is 15.2. The summed E-state index contributed by atoms with van der Waals surface area (Å²) in [7, 11) is 0. The second-order valence-corrected chi connectivity index (χ2v) is 5.15. The van der Waals surface area contributed by atoms with Crippen molar-refractivity contribution in [2.45, 2.75) is 60.2 Å². The second-order valence-electron chi connectivity index (χ2n) is 5.15. The van der Waals surface area contributed by atoms with Crippen molar-refractivity contribution in [3.05, 3.63) is 17.0 Å². The molecule has 4 nitrogen and oxygen atoms in total. The van der Waals surface area contributed by atoms with Crippen molar-refractivity contribution >= 4 is 0 Å². The molecule has 1 aromatic heterocycles. The van der Waals surface area contributed by atoms with Gasteiger partial charge in [-0.05, 0) is 26.7 Å². The number of nitrogens with one attached hydrogen (secondary N) is 1. The fourth-order valence-electron chi connectivity index (χ4n) is 2.12. The molecule has 0 spiro atoms. The van der Waals surface area contributed by atoms with E-state index in [4.69, 9.17) is 5.11 Å². The zero-order valence-electron chi connectivity index (χ0n) is 12.3. The number of aromatic nitrogens is 2. The number of aliphatic hydroxyl groups excluding tert-OH is 1. The minimum Gasteiger partial charge on any atom is -0.394 e. The van der Waals surface area contributed by atoms with E-state index in [1.807, 2.05) is 11.6 Å². The molecule has 18 heavy (non-hydrogen) atoms. The lowest BCUT2D eigenvalue weighted by atomic mass is 10.0. The number of nitrogens with zero attached hydrogens (tertiary/aromatic N) is 2. The maximum absolute atomic E-state index is 8.99. The minimum absolute atomic E-state index is 0.137. The summed E-state index contributed by atoms with van der Waals surface area (Å²) in [6.07, 6.45) is 1.19. The molecule has 0 saturated carbocycles. The first-order valence-electron chi connectivity index (χ1n) is 6.88. The van der Waals surface area contributed by atoms with Crippen molar-refractivity contribution in [3.63, 3.8) is 0 Å². The highest BCUT2D eigenvalue weighted by Gasteiger charge is 2.14. The van der Waals surface area contributed by atoms with Gasteiger partial charge in [0.2, 0.25) is 0 Å². The molecule has 0 aliphatic carbocycles. The fourth-order valence-corrected chi connectivity index (χ4v) is 2.12. The Morgan fingerprint density at radius 3 is 2.56 bits per heavy atom. The summed E-state index contributed by atoms with van der Waals surface area (Å²) < 4.78 is 1.89. The maximum atomic E-state index is 8.99. The summed E-state index contributed by atoms with van der Waals surface area (Å²) in [5.41, 5.74) is 3.48. The van der Waals surface area contributed by atoms with Crippen molar-refractivity contribution < 1.29 is 5.11 Å². The van der Waals surface area contributed by atoms with Crippen LogP contribution >= 0.6 is 0 Å². The molecule has 1 rings (SSSR count). The van der Waals surface area contributed by atoms with Crippen LogP contribution in [-0.2, 0) is 13.1 Å². The van der Waals surface area contributed by atoms with Gasteiger partial charge in [0, 0.05) is 23.8 Å². The van der Waals surface area contributed by atoms with Crippen LogP contribution < -0.4 is 5.32 Å². The van der Waals surface area contributed by atoms with E-state index in [9.17, 15) is 0 Å². The van der Waals surface area contributed by atoms with Gasteiger partial charge in [-0.2, -0.15) is 5.10 Å². The largest absolute Gasteiger partial charge is 0.394 e. The molecule has 0 fully saturated rings. The predicted molar refractivity (Wildman–Crippen MR) is 74.5 cm³/mol. The van der Waals surface area contributed by atoms with Crippen LogP contribution in [0.4, 0.5) is 0 Å². The highest BCUT2D eigenvalue weighted by molar-refractivity contribution is 5.24. The Bertz CT molecular complexity index is 373. The molecule has 2 unspecified atom stereocenters. The Morgan fingerprint density at radius 2 is 2.00 bits per heavy atom. The normalized spacial score (nSPS) is 14.8. The lowest BCUT2D eigenvalue weighted by Crippen LogP contribution is -2.31. The lowest BCUT2D eigenvalue weighted by molar-refractivity contribution is 0.267. The molecular formula is C14H27N3O. The molecule has 104 valence electrons. The summed E-state index contributed by atoms with van der Waals surface area (Å²) in [6, 6.07) is 0.509. The molecule has 0 radical (unpaired) electrons. The monoisotopic (exact) mass is 253 g/mol. The van der Waals surface area contributed by atoms with Crippen LogP contribution in [0.25, 0.3) is 0 Å². The van der Waals surface area contributed by atoms with E-state index in [0.717, 1.165) is 17.9 Å². The van der Waals surface area contributed by atoms with Gasteiger partial charge in [0.1, 0.15) is 0 Å². The molecule has 4 heteroatoms. The van der Waals surface area contributed by atoms with Crippen molar-refractivity contribution in [1.82, 2.24) is 15.1 Å². The smallest absolute Gasteiger partial charge is 0.0644 e. The molecule has 0 bridgehead atoms. The Balaban J connectivity index is 2.67. The zero-order valence-corrected chi connectivity index (χ0v) is 12.3. The Hall–Kier alpha value is -0.870. The van der Waals surface area contributed by atoms with Crippen LogP contribution in [-0.4, -0.2) is 27.5 Å². The molecule has 2 atom stereocenters. The van der Waals surface area contributed by atoms with Crippen molar-refractivity contribution in [1.29, 1.82) is 0 Å². The van der Waals surface area contributed by atoms with E-state index in [1.165, 1.54) is 12.0 Å². The van der Waals surface area contributed by atoms with E-state index in [2.05, 4.69) is 38.1 Å². The van der Waals surface area contributed by atoms with Crippen LogP contribution in [0.2, 0.25) is 0 Å². The van der Waals surface area contributed by atoms with Gasteiger partial charge in [0.25, 0.3) is 0 Å². The molecule has 0 amide bonds. The van der Waals surface area contributed by atoms with Gasteiger partial charge < -0.3 is 10.4 Å². The quantitative estimate of drug-likeness (QED) is 0.781. The molecule has 0 aliphatic heterocycles. The summed E-state index contributed by atoms with van der Waals surface area (Å²) in [4.78, 5) is 0. The maximum Gasteiger partial charge on any atom is 0.0644 e. The molecule has 2 N–H and O–H groups in total. The first-order valence-corrected chi connectivity index (χ1v) is 6.88. The van der Waals surface area contributed by atoms with Gasteiger partial charge in [-0.15, -0.1) is 0 Å². The zero-order chi connectivity index (χ0) is 13.7. The molecule has 1 heterocycles. The Morgan fingerprint density at radius 1 is 1.33 bits per heavy atom. The number of aryl methyl sites for hydroxylation is 1. The SMILES string of the molecule is CCC(C)C(C)NCc1c(C)nn(CCO)c1C. The van der Waals surface area contributed by atoms with Crippen LogP contribution in [0.1, 0.15) is 44.1 Å². The van der Waals surface area contributed by atoms with Gasteiger partial charge in [-0.1, -0.05) is 20.3 Å². The van der Waals surface area contributed by atoms with E-state index < -0.39 is 0 Å². The predicted octanol–water partition coefficient (Wildman–Crippen LogP) is 2.02. The molecular weight excluding hydrogens is 226 g/mol. The van der Waals surface area contributed by atoms with Gasteiger partial charge in [-0.3, -0.25) is 4.68 Å². The minimum atomic E-state index is 0.137. The molecule has 0 aromatic carbocycles. The standard InChI is InChI=1S/C14H27N3O/c1-6-10(2)11(3)15-9-14-12(4)16-17(7-8-18)13(14)5/h10-11,15,18H,6-9H2,1-5H3. The van der Waals surface area contributed by atoms with Gasteiger partial charge in [-0.25, -0.2) is 0 Å². The fraction of sp³-hybridized carbons (Fsp3) is 0.786. The van der Waals surface area contributed by atoms with E-state index in [-0.39, 0.29) is 6.61 Å². The highest BCUT2D eigenvalue weighted by Crippen LogP contribution is 2.14. The van der Waals surface area contributed by atoms with E-state index >= 15 is 0 Å². The van der Waals surface area contributed by atoms with Gasteiger partial charge >= 0.3 is 0 Å². The Kier molecular flexibility index (Phi) is 5.82. The van der Waals surface area contributed by atoms with Crippen LogP contribution in [0.3, 0.4) is 0 Å². The van der Waals surface area contributed by atoms with Crippen molar-refractivity contribution in [2.75, 3.05) is 6.61 Å². The molecule has 0 aliphatic rings. The summed E-state index contributed by atoms with van der Waals surface area (Å²) in [5, 5.41) is 17.0. The first-order chi connectivity index (χ1) is 8.51. The lowest BCUT2D eigenvalue weighted by Gasteiger charge is -2.20. The Labute approximate surface area is 110 Å². The van der Waals surface area contributed by atoms with Gasteiger partial charge in [0.05, 0.1) is 18.8 Å². The number of hydrogen-bond donors (Lipinski definition) is 2. The number of hydrogen-bond acceptors (Lipinski definition) is 3. The highest BCUT2D eigenvalue weighted by atomic mass is 16.3. The molecule has 0 saturated heterocycles.